The second-order valence-corrected chi connectivity index (χ2v) is 15.6. The maximum Gasteiger partial charge on any atom is 0.0706 e. The Morgan fingerprint density at radius 1 is 0.659 bits per heavy atom. The van der Waals surface area contributed by atoms with Gasteiger partial charge < -0.3 is 19.9 Å². The van der Waals surface area contributed by atoms with Crippen LogP contribution in [0.25, 0.3) is 0 Å². The van der Waals surface area contributed by atoms with E-state index in [2.05, 4.69) is 111 Å². The molecule has 0 aliphatic heterocycles. The summed E-state index contributed by atoms with van der Waals surface area (Å²) in [4.78, 5) is 0. The average molecular weight is 584 g/mol. The van der Waals surface area contributed by atoms with E-state index in [-0.39, 0.29) is 33.2 Å². The normalized spacial score (nSPS) is 21.8. The molecule has 0 saturated carbocycles. The quantitative estimate of drug-likeness (QED) is 0.130. The summed E-state index contributed by atoms with van der Waals surface area (Å²) in [5, 5.41) is 0. The van der Waals surface area contributed by atoms with Crippen molar-refractivity contribution in [1.82, 2.24) is 0 Å². The molecule has 0 fully saturated rings. The number of hydrogen-bond acceptors (Lipinski definition) is 4. The minimum absolute atomic E-state index is 0.00291. The van der Waals surface area contributed by atoms with Gasteiger partial charge in [-0.3, -0.25) is 0 Å². The predicted molar refractivity (Wildman–Crippen MR) is 181 cm³/mol. The molecule has 41 heavy (non-hydrogen) atoms. The van der Waals surface area contributed by atoms with Crippen LogP contribution < -0.4 is 5.73 Å². The van der Waals surface area contributed by atoms with Gasteiger partial charge in [-0.1, -0.05) is 82.6 Å². The molecule has 4 heteroatoms. The Balaban J connectivity index is 5.63. The summed E-state index contributed by atoms with van der Waals surface area (Å²) in [6, 6.07) is 0. The summed E-state index contributed by atoms with van der Waals surface area (Å²) >= 11 is 0. The van der Waals surface area contributed by atoms with E-state index in [1.165, 1.54) is 0 Å². The fraction of sp³-hybridized carbons (Fsp3) is 1.00. The molecule has 0 aromatic carbocycles. The van der Waals surface area contributed by atoms with E-state index < -0.39 is 0 Å². The summed E-state index contributed by atoms with van der Waals surface area (Å²) in [7, 11) is 0. The SMILES string of the molecule is CCCC(COC(C)(CC)C(C)(CC)CCOC(C)(C)C(C)(CC)C(C)COC(C)(CC)CC(C)C)C(C)(N)CC. The number of hydrogen-bond donors (Lipinski definition) is 1. The maximum absolute atomic E-state index is 6.90. The van der Waals surface area contributed by atoms with Crippen LogP contribution in [0.2, 0.25) is 0 Å². The summed E-state index contributed by atoms with van der Waals surface area (Å²) in [5.74, 6) is 1.37. The van der Waals surface area contributed by atoms with Crippen molar-refractivity contribution in [3.63, 3.8) is 0 Å². The highest BCUT2D eigenvalue weighted by Crippen LogP contribution is 2.47. The van der Waals surface area contributed by atoms with Crippen molar-refractivity contribution < 1.29 is 14.2 Å². The van der Waals surface area contributed by atoms with E-state index in [9.17, 15) is 0 Å². The molecular formula is C37H77NO3. The molecule has 7 atom stereocenters. The molecule has 0 spiro atoms. The van der Waals surface area contributed by atoms with Gasteiger partial charge in [-0.25, -0.2) is 0 Å². The molecule has 0 bridgehead atoms. The fourth-order valence-electron chi connectivity index (χ4n) is 6.79. The lowest BCUT2D eigenvalue weighted by molar-refractivity contribution is -0.174. The highest BCUT2D eigenvalue weighted by molar-refractivity contribution is 4.97. The summed E-state index contributed by atoms with van der Waals surface area (Å²) in [6.07, 6.45) is 9.37. The van der Waals surface area contributed by atoms with Crippen LogP contribution in [0.4, 0.5) is 0 Å². The van der Waals surface area contributed by atoms with E-state index in [1.54, 1.807) is 0 Å². The van der Waals surface area contributed by atoms with E-state index >= 15 is 0 Å². The molecular weight excluding hydrogens is 506 g/mol. The number of rotatable bonds is 23. The number of nitrogens with two attached hydrogens (primary N) is 1. The second-order valence-electron chi connectivity index (χ2n) is 15.6. The number of ether oxygens (including phenoxy) is 3. The van der Waals surface area contributed by atoms with E-state index in [0.717, 1.165) is 77.6 Å². The summed E-state index contributed by atoms with van der Waals surface area (Å²) in [5.41, 5.74) is 5.95. The highest BCUT2D eigenvalue weighted by Gasteiger charge is 2.47. The summed E-state index contributed by atoms with van der Waals surface area (Å²) < 4.78 is 20.4. The first-order valence-corrected chi connectivity index (χ1v) is 17.4. The van der Waals surface area contributed by atoms with E-state index in [0.29, 0.717) is 17.8 Å². The van der Waals surface area contributed by atoms with Gasteiger partial charge in [-0.2, -0.15) is 0 Å². The lowest BCUT2D eigenvalue weighted by Crippen LogP contribution is -2.52. The van der Waals surface area contributed by atoms with Crippen LogP contribution in [0.5, 0.6) is 0 Å². The van der Waals surface area contributed by atoms with Gasteiger partial charge in [-0.15, -0.1) is 0 Å². The zero-order valence-corrected chi connectivity index (χ0v) is 31.0. The Morgan fingerprint density at radius 2 is 1.24 bits per heavy atom. The smallest absolute Gasteiger partial charge is 0.0706 e. The monoisotopic (exact) mass is 584 g/mol. The van der Waals surface area contributed by atoms with Crippen molar-refractivity contribution in [3.05, 3.63) is 0 Å². The Kier molecular flexibility index (Phi) is 16.7. The van der Waals surface area contributed by atoms with Crippen molar-refractivity contribution in [2.45, 2.75) is 191 Å². The van der Waals surface area contributed by atoms with Gasteiger partial charge in [0.05, 0.1) is 30.0 Å². The van der Waals surface area contributed by atoms with Crippen LogP contribution in [0.3, 0.4) is 0 Å². The van der Waals surface area contributed by atoms with E-state index in [4.69, 9.17) is 19.9 Å². The molecule has 0 aliphatic rings. The van der Waals surface area contributed by atoms with Crippen molar-refractivity contribution >= 4 is 0 Å². The third kappa shape index (κ3) is 10.8. The standard InChI is InChI=1S/C37H77NO3/c1-17-23-31(36(15,38)21-5)28-41-37(16,22-6)33(12,18-2)24-25-39-32(10,11)35(14,20-4)30(9)27-40-34(13,19-3)26-29(7)8/h29-31H,17-28,38H2,1-16H3. The zero-order valence-electron chi connectivity index (χ0n) is 31.0. The lowest BCUT2D eigenvalue weighted by Gasteiger charge is -2.50. The first kappa shape index (κ1) is 40.8. The van der Waals surface area contributed by atoms with Crippen LogP contribution in [0.15, 0.2) is 0 Å². The van der Waals surface area contributed by atoms with Crippen molar-refractivity contribution in [1.29, 1.82) is 0 Å². The van der Waals surface area contributed by atoms with Gasteiger partial charge in [0.2, 0.25) is 0 Å². The molecule has 0 aliphatic carbocycles. The topological polar surface area (TPSA) is 53.7 Å². The van der Waals surface area contributed by atoms with Crippen LogP contribution >= 0.6 is 0 Å². The summed E-state index contributed by atoms with van der Waals surface area (Å²) in [6.45, 7) is 38.9. The molecule has 4 nitrogen and oxygen atoms in total. The Hall–Kier alpha value is -0.160. The van der Waals surface area contributed by atoms with Crippen LogP contribution in [0, 0.1) is 28.6 Å². The van der Waals surface area contributed by atoms with Crippen molar-refractivity contribution in [2.24, 2.45) is 34.3 Å². The van der Waals surface area contributed by atoms with Gasteiger partial charge in [0, 0.05) is 17.6 Å². The second kappa shape index (κ2) is 16.8. The highest BCUT2D eigenvalue weighted by atomic mass is 16.5. The molecule has 0 amide bonds. The predicted octanol–water partition coefficient (Wildman–Crippen LogP) is 10.6. The molecule has 0 radical (unpaired) electrons. The van der Waals surface area contributed by atoms with Gasteiger partial charge in [0.1, 0.15) is 0 Å². The maximum atomic E-state index is 6.90. The van der Waals surface area contributed by atoms with Gasteiger partial charge >= 0.3 is 0 Å². The molecule has 7 unspecified atom stereocenters. The van der Waals surface area contributed by atoms with Gasteiger partial charge in [0.15, 0.2) is 0 Å². The largest absolute Gasteiger partial charge is 0.375 e. The van der Waals surface area contributed by atoms with Crippen molar-refractivity contribution in [2.75, 3.05) is 19.8 Å². The molecule has 0 aromatic heterocycles. The third-order valence-electron chi connectivity index (χ3n) is 12.3. The fourth-order valence-corrected chi connectivity index (χ4v) is 6.79. The molecule has 2 N–H and O–H groups in total. The third-order valence-corrected chi connectivity index (χ3v) is 12.3. The van der Waals surface area contributed by atoms with Gasteiger partial charge in [0.25, 0.3) is 0 Å². The minimum Gasteiger partial charge on any atom is -0.375 e. The molecule has 0 heterocycles. The molecule has 0 rings (SSSR count). The zero-order chi connectivity index (χ0) is 32.3. The van der Waals surface area contributed by atoms with E-state index in [1.807, 2.05) is 0 Å². The molecule has 0 aromatic rings. The first-order valence-electron chi connectivity index (χ1n) is 17.4. The molecule has 248 valence electrons. The lowest BCUT2D eigenvalue weighted by atomic mass is 9.65. The van der Waals surface area contributed by atoms with Crippen LogP contribution in [-0.2, 0) is 14.2 Å². The van der Waals surface area contributed by atoms with Gasteiger partial charge in [-0.05, 0) is 109 Å². The first-order chi connectivity index (χ1) is 18.7. The van der Waals surface area contributed by atoms with Crippen LogP contribution in [-0.4, -0.2) is 42.2 Å². The average Bonchev–Trinajstić information content (AvgIpc) is 2.92. The minimum atomic E-state index is -0.280. The molecule has 0 saturated heterocycles. The Labute approximate surface area is 259 Å². The van der Waals surface area contributed by atoms with Crippen LogP contribution in [0.1, 0.15) is 169 Å². The van der Waals surface area contributed by atoms with Crippen molar-refractivity contribution in [3.8, 4) is 0 Å². The Morgan fingerprint density at radius 3 is 1.66 bits per heavy atom. The Bertz CT molecular complexity index is 721.